The highest BCUT2D eigenvalue weighted by atomic mass is 16.2. The number of fused-ring (bicyclic) bond motifs is 1. The summed E-state index contributed by atoms with van der Waals surface area (Å²) in [6.45, 7) is 2.57. The van der Waals surface area contributed by atoms with Crippen molar-refractivity contribution in [3.63, 3.8) is 0 Å². The van der Waals surface area contributed by atoms with Gasteiger partial charge in [0.15, 0.2) is 5.69 Å². The third-order valence-electron chi connectivity index (χ3n) is 3.59. The largest absolute Gasteiger partial charge is 0.307 e. The van der Waals surface area contributed by atoms with Gasteiger partial charge in [0, 0.05) is 24.7 Å². The van der Waals surface area contributed by atoms with Gasteiger partial charge in [-0.15, -0.1) is 0 Å². The van der Waals surface area contributed by atoms with Crippen LogP contribution in [0.3, 0.4) is 0 Å². The van der Waals surface area contributed by atoms with Gasteiger partial charge < -0.3 is 4.90 Å². The van der Waals surface area contributed by atoms with Crippen LogP contribution in [0.25, 0.3) is 10.9 Å². The molecule has 106 valence electrons. The first-order valence-corrected chi connectivity index (χ1v) is 7.01. The van der Waals surface area contributed by atoms with Gasteiger partial charge in [-0.1, -0.05) is 36.4 Å². The Morgan fingerprint density at radius 3 is 2.48 bits per heavy atom. The second-order valence-electron chi connectivity index (χ2n) is 4.87. The highest BCUT2D eigenvalue weighted by molar-refractivity contribution is 6.12. The van der Waals surface area contributed by atoms with Crippen LogP contribution in [0, 0.1) is 0 Å². The van der Waals surface area contributed by atoms with Crippen molar-refractivity contribution >= 4 is 22.5 Å². The van der Waals surface area contributed by atoms with E-state index in [1.54, 1.807) is 9.58 Å². The molecule has 1 aromatic heterocycles. The molecule has 0 bridgehead atoms. The van der Waals surface area contributed by atoms with Gasteiger partial charge in [-0.2, -0.15) is 5.10 Å². The van der Waals surface area contributed by atoms with E-state index in [9.17, 15) is 4.79 Å². The fourth-order valence-corrected chi connectivity index (χ4v) is 2.55. The van der Waals surface area contributed by atoms with Crippen molar-refractivity contribution in [2.45, 2.75) is 6.92 Å². The van der Waals surface area contributed by atoms with Crippen molar-refractivity contribution in [3.8, 4) is 0 Å². The number of benzene rings is 2. The highest BCUT2D eigenvalue weighted by Gasteiger charge is 2.21. The molecule has 21 heavy (non-hydrogen) atoms. The van der Waals surface area contributed by atoms with E-state index in [0.29, 0.717) is 12.2 Å². The lowest BCUT2D eigenvalue weighted by molar-refractivity contribution is 0.0984. The van der Waals surface area contributed by atoms with Gasteiger partial charge in [0.2, 0.25) is 0 Å². The Kier molecular flexibility index (Phi) is 3.44. The maximum atomic E-state index is 12.9. The summed E-state index contributed by atoms with van der Waals surface area (Å²) in [6, 6.07) is 17.5. The first kappa shape index (κ1) is 13.4. The Hall–Kier alpha value is -2.62. The Balaban J connectivity index is 2.07. The molecule has 1 amide bonds. The van der Waals surface area contributed by atoms with Gasteiger partial charge >= 0.3 is 0 Å². The van der Waals surface area contributed by atoms with Crippen molar-refractivity contribution in [1.82, 2.24) is 9.78 Å². The number of anilines is 1. The van der Waals surface area contributed by atoms with E-state index in [1.165, 1.54) is 0 Å². The summed E-state index contributed by atoms with van der Waals surface area (Å²) >= 11 is 0. The maximum Gasteiger partial charge on any atom is 0.279 e. The third kappa shape index (κ3) is 2.29. The summed E-state index contributed by atoms with van der Waals surface area (Å²) in [5, 5.41) is 5.30. The van der Waals surface area contributed by atoms with E-state index in [0.717, 1.165) is 16.6 Å². The minimum atomic E-state index is -0.0690. The van der Waals surface area contributed by atoms with Gasteiger partial charge in [0.25, 0.3) is 5.91 Å². The zero-order valence-corrected chi connectivity index (χ0v) is 12.2. The van der Waals surface area contributed by atoms with Crippen LogP contribution in [0.15, 0.2) is 54.6 Å². The minimum absolute atomic E-state index is 0.0690. The molecule has 0 radical (unpaired) electrons. The monoisotopic (exact) mass is 279 g/mol. The summed E-state index contributed by atoms with van der Waals surface area (Å²) < 4.78 is 1.75. The smallest absolute Gasteiger partial charge is 0.279 e. The average Bonchev–Trinajstić information content (AvgIpc) is 2.87. The number of amides is 1. The molecule has 2 aromatic carbocycles. The maximum absolute atomic E-state index is 12.9. The lowest BCUT2D eigenvalue weighted by Crippen LogP contribution is -2.31. The lowest BCUT2D eigenvalue weighted by atomic mass is 10.2. The topological polar surface area (TPSA) is 38.1 Å². The first-order chi connectivity index (χ1) is 10.2. The van der Waals surface area contributed by atoms with E-state index in [2.05, 4.69) is 5.10 Å². The molecule has 0 spiro atoms. The second kappa shape index (κ2) is 5.40. The number of aromatic nitrogens is 2. The predicted molar refractivity (Wildman–Crippen MR) is 84.5 cm³/mol. The normalized spacial score (nSPS) is 10.8. The molecular formula is C17H17N3O. The standard InChI is InChI=1S/C17H17N3O/c1-3-20(13-9-5-4-6-10-13)17(21)16-14-11-7-8-12-15(14)19(2)18-16/h4-12H,3H2,1-2H3. The molecule has 0 aliphatic carbocycles. The van der Waals surface area contributed by atoms with Crippen LogP contribution < -0.4 is 4.90 Å². The zero-order chi connectivity index (χ0) is 14.8. The fraction of sp³-hybridized carbons (Fsp3) is 0.176. The molecule has 3 rings (SSSR count). The molecular weight excluding hydrogens is 262 g/mol. The Labute approximate surface area is 123 Å². The molecule has 4 nitrogen and oxygen atoms in total. The molecule has 0 atom stereocenters. The molecule has 0 fully saturated rings. The lowest BCUT2D eigenvalue weighted by Gasteiger charge is -2.20. The van der Waals surface area contributed by atoms with Crippen LogP contribution in [-0.4, -0.2) is 22.2 Å². The van der Waals surface area contributed by atoms with Crippen molar-refractivity contribution in [2.75, 3.05) is 11.4 Å². The summed E-state index contributed by atoms with van der Waals surface area (Å²) in [7, 11) is 1.86. The molecule has 0 saturated heterocycles. The van der Waals surface area contributed by atoms with Crippen LogP contribution in [-0.2, 0) is 7.05 Å². The molecule has 0 aliphatic rings. The van der Waals surface area contributed by atoms with Crippen molar-refractivity contribution < 1.29 is 4.79 Å². The van der Waals surface area contributed by atoms with E-state index in [4.69, 9.17) is 0 Å². The minimum Gasteiger partial charge on any atom is -0.307 e. The SMILES string of the molecule is CCN(C(=O)c1nn(C)c2ccccc12)c1ccccc1. The number of aryl methyl sites for hydroxylation is 1. The number of rotatable bonds is 3. The van der Waals surface area contributed by atoms with Gasteiger partial charge in [0.05, 0.1) is 5.52 Å². The number of carbonyl (C=O) groups is 1. The molecule has 4 heteroatoms. The molecule has 0 aliphatic heterocycles. The Bertz CT molecular complexity index is 777. The third-order valence-corrected chi connectivity index (χ3v) is 3.59. The van der Waals surface area contributed by atoms with Crippen LogP contribution in [0.1, 0.15) is 17.4 Å². The van der Waals surface area contributed by atoms with Crippen LogP contribution in [0.4, 0.5) is 5.69 Å². The van der Waals surface area contributed by atoms with E-state index >= 15 is 0 Å². The van der Waals surface area contributed by atoms with Gasteiger partial charge in [-0.25, -0.2) is 0 Å². The van der Waals surface area contributed by atoms with Crippen LogP contribution in [0.5, 0.6) is 0 Å². The Morgan fingerprint density at radius 1 is 1.10 bits per heavy atom. The number of para-hydroxylation sites is 2. The van der Waals surface area contributed by atoms with Crippen molar-refractivity contribution in [2.24, 2.45) is 7.05 Å². The first-order valence-electron chi connectivity index (χ1n) is 7.01. The molecule has 0 unspecified atom stereocenters. The fourth-order valence-electron chi connectivity index (χ4n) is 2.55. The molecule has 3 aromatic rings. The van der Waals surface area contributed by atoms with Crippen LogP contribution in [0.2, 0.25) is 0 Å². The average molecular weight is 279 g/mol. The number of hydrogen-bond acceptors (Lipinski definition) is 2. The quantitative estimate of drug-likeness (QED) is 0.738. The summed E-state index contributed by atoms with van der Waals surface area (Å²) in [5.41, 5.74) is 2.35. The van der Waals surface area contributed by atoms with Crippen molar-refractivity contribution in [3.05, 3.63) is 60.3 Å². The van der Waals surface area contributed by atoms with E-state index in [-0.39, 0.29) is 5.91 Å². The highest BCUT2D eigenvalue weighted by Crippen LogP contribution is 2.22. The van der Waals surface area contributed by atoms with E-state index < -0.39 is 0 Å². The summed E-state index contributed by atoms with van der Waals surface area (Å²) in [5.74, 6) is -0.0690. The van der Waals surface area contributed by atoms with Crippen LogP contribution >= 0.6 is 0 Å². The Morgan fingerprint density at radius 2 is 1.76 bits per heavy atom. The number of carbonyl (C=O) groups excluding carboxylic acids is 1. The zero-order valence-electron chi connectivity index (χ0n) is 12.2. The van der Waals surface area contributed by atoms with Gasteiger partial charge in [0.1, 0.15) is 0 Å². The number of hydrogen-bond donors (Lipinski definition) is 0. The van der Waals surface area contributed by atoms with Gasteiger partial charge in [-0.05, 0) is 25.1 Å². The molecule has 1 heterocycles. The molecule has 0 N–H and O–H groups in total. The second-order valence-corrected chi connectivity index (χ2v) is 4.87. The van der Waals surface area contributed by atoms with Gasteiger partial charge in [-0.3, -0.25) is 9.48 Å². The van der Waals surface area contributed by atoms with E-state index in [1.807, 2.05) is 68.6 Å². The molecule has 0 saturated carbocycles. The summed E-state index contributed by atoms with van der Waals surface area (Å²) in [6.07, 6.45) is 0. The van der Waals surface area contributed by atoms with Crippen molar-refractivity contribution in [1.29, 1.82) is 0 Å². The number of nitrogens with zero attached hydrogens (tertiary/aromatic N) is 3. The summed E-state index contributed by atoms with van der Waals surface area (Å²) in [4.78, 5) is 14.6. The predicted octanol–water partition coefficient (Wildman–Crippen LogP) is 3.24.